The average molecular weight is 492 g/mol. The van der Waals surface area contributed by atoms with Gasteiger partial charge in [-0.15, -0.1) is 0 Å². The molecule has 0 aromatic carbocycles. The third-order valence-corrected chi connectivity index (χ3v) is 6.76. The Bertz CT molecular complexity index is 1080. The molecule has 3 fully saturated rings. The van der Waals surface area contributed by atoms with Crippen LogP contribution in [0.15, 0.2) is 12.7 Å². The van der Waals surface area contributed by atoms with Gasteiger partial charge < -0.3 is 40.2 Å². The number of imidazole rings is 1. The maximum Gasteiger partial charge on any atom is 0.407 e. The second kappa shape index (κ2) is 9.89. The average Bonchev–Trinajstić information content (AvgIpc) is 3.62. The number of carbonyl (C=O) groups is 2. The largest absolute Gasteiger partial charge is 0.481 e. The van der Waals surface area contributed by atoms with Gasteiger partial charge in [-0.25, -0.2) is 19.7 Å². The SMILES string of the molecule is O=C(NC1CCCC1C(=O)O)OCC1OC(n2cnc3c(N[C@@H]4CCOC4)ncnc32)C(O)C1O. The molecule has 3 aliphatic rings. The summed E-state index contributed by atoms with van der Waals surface area (Å²) >= 11 is 0. The predicted molar refractivity (Wildman–Crippen MR) is 117 cm³/mol. The number of fused-ring (bicyclic) bond motifs is 1. The molecule has 5 rings (SSSR count). The van der Waals surface area contributed by atoms with Crippen molar-refractivity contribution < 1.29 is 39.1 Å². The number of ether oxygens (including phenoxy) is 3. The van der Waals surface area contributed by atoms with Crippen LogP contribution in [0, 0.1) is 5.92 Å². The Morgan fingerprint density at radius 2 is 2.03 bits per heavy atom. The van der Waals surface area contributed by atoms with Crippen LogP contribution in [0.1, 0.15) is 31.9 Å². The molecule has 5 N–H and O–H groups in total. The maximum atomic E-state index is 12.2. The van der Waals surface area contributed by atoms with Gasteiger partial charge in [0.25, 0.3) is 0 Å². The first kappa shape index (κ1) is 23.7. The number of carbonyl (C=O) groups excluding carboxylic acids is 1. The molecular formula is C21H28N6O8. The van der Waals surface area contributed by atoms with Crippen LogP contribution in [0.5, 0.6) is 0 Å². The Hall–Kier alpha value is -3.07. The number of hydrogen-bond donors (Lipinski definition) is 5. The molecule has 0 radical (unpaired) electrons. The van der Waals surface area contributed by atoms with Crippen LogP contribution < -0.4 is 10.6 Å². The van der Waals surface area contributed by atoms with Crippen molar-refractivity contribution in [1.29, 1.82) is 0 Å². The van der Waals surface area contributed by atoms with Crippen molar-refractivity contribution in [3.05, 3.63) is 12.7 Å². The van der Waals surface area contributed by atoms with Crippen LogP contribution in [0.4, 0.5) is 10.6 Å². The van der Waals surface area contributed by atoms with Crippen LogP contribution >= 0.6 is 0 Å². The molecule has 14 nitrogen and oxygen atoms in total. The molecule has 4 heterocycles. The Morgan fingerprint density at radius 3 is 2.80 bits per heavy atom. The zero-order chi connectivity index (χ0) is 24.5. The maximum absolute atomic E-state index is 12.2. The number of nitrogens with zero attached hydrogens (tertiary/aromatic N) is 4. The lowest BCUT2D eigenvalue weighted by atomic mass is 10.0. The summed E-state index contributed by atoms with van der Waals surface area (Å²) < 4.78 is 17.9. The molecule has 190 valence electrons. The van der Waals surface area contributed by atoms with Gasteiger partial charge in [-0.2, -0.15) is 0 Å². The highest BCUT2D eigenvalue weighted by Crippen LogP contribution is 2.33. The minimum atomic E-state index is -1.33. The zero-order valence-corrected chi connectivity index (χ0v) is 18.8. The van der Waals surface area contributed by atoms with Crippen molar-refractivity contribution in [2.45, 2.75) is 62.3 Å². The van der Waals surface area contributed by atoms with Gasteiger partial charge in [-0.3, -0.25) is 9.36 Å². The molecule has 1 aliphatic carbocycles. The minimum Gasteiger partial charge on any atom is -0.481 e. The summed E-state index contributed by atoms with van der Waals surface area (Å²) in [7, 11) is 0. The number of amides is 1. The van der Waals surface area contributed by atoms with Crippen molar-refractivity contribution in [2.24, 2.45) is 5.92 Å². The predicted octanol–water partition coefficient (Wildman–Crippen LogP) is -0.374. The molecule has 1 amide bonds. The van der Waals surface area contributed by atoms with Gasteiger partial charge in [-0.1, -0.05) is 6.42 Å². The highest BCUT2D eigenvalue weighted by atomic mass is 16.6. The van der Waals surface area contributed by atoms with Gasteiger partial charge in [-0.05, 0) is 19.3 Å². The summed E-state index contributed by atoms with van der Waals surface area (Å²) in [5, 5.41) is 36.2. The summed E-state index contributed by atoms with van der Waals surface area (Å²) in [4.78, 5) is 36.4. The molecule has 1 saturated carbocycles. The first-order valence-corrected chi connectivity index (χ1v) is 11.6. The summed E-state index contributed by atoms with van der Waals surface area (Å²) in [5.41, 5.74) is 0.881. The van der Waals surface area contributed by atoms with Crippen LogP contribution in [-0.4, -0.2) is 97.1 Å². The molecule has 0 spiro atoms. The van der Waals surface area contributed by atoms with Crippen LogP contribution in [-0.2, 0) is 19.0 Å². The van der Waals surface area contributed by atoms with Gasteiger partial charge in [0, 0.05) is 12.6 Å². The van der Waals surface area contributed by atoms with E-state index in [4.69, 9.17) is 14.2 Å². The van der Waals surface area contributed by atoms with Gasteiger partial charge in [0.05, 0.1) is 24.9 Å². The number of aliphatic carboxylic acids is 1. The zero-order valence-electron chi connectivity index (χ0n) is 18.8. The number of rotatable bonds is 7. The van der Waals surface area contributed by atoms with Crippen molar-refractivity contribution in [3.8, 4) is 0 Å². The first-order chi connectivity index (χ1) is 16.9. The number of carboxylic acid groups (broad SMARTS) is 1. The van der Waals surface area contributed by atoms with E-state index in [0.29, 0.717) is 49.5 Å². The lowest BCUT2D eigenvalue weighted by Crippen LogP contribution is -2.42. The fraction of sp³-hybridized carbons (Fsp3) is 0.667. The quantitative estimate of drug-likeness (QED) is 0.337. The summed E-state index contributed by atoms with van der Waals surface area (Å²) in [6.45, 7) is 0.902. The number of aromatic nitrogens is 4. The van der Waals surface area contributed by atoms with E-state index in [1.807, 2.05) is 0 Å². The minimum absolute atomic E-state index is 0.107. The molecule has 2 aliphatic heterocycles. The number of aliphatic hydroxyl groups is 2. The standard InChI is InChI=1S/C21H28N6O8/c28-15-13(7-34-21(32)26-12-3-1-2-11(12)20(30)31)35-19(16(15)29)27-9-24-14-17(22-8-23-18(14)27)25-10-4-5-33-6-10/h8-13,15-16,19,28-29H,1-7H2,(H,26,32)(H,30,31)(H,22,23,25)/t10-,11?,12?,13?,15?,16?,19?/m1/s1. The smallest absolute Gasteiger partial charge is 0.407 e. The molecule has 0 bridgehead atoms. The van der Waals surface area contributed by atoms with Crippen LogP contribution in [0.2, 0.25) is 0 Å². The lowest BCUT2D eigenvalue weighted by Gasteiger charge is -2.19. The van der Waals surface area contributed by atoms with Crippen molar-refractivity contribution in [3.63, 3.8) is 0 Å². The van der Waals surface area contributed by atoms with E-state index in [9.17, 15) is 24.9 Å². The Morgan fingerprint density at radius 1 is 1.17 bits per heavy atom. The van der Waals surface area contributed by atoms with E-state index in [-0.39, 0.29) is 12.6 Å². The van der Waals surface area contributed by atoms with E-state index in [1.165, 1.54) is 17.2 Å². The third-order valence-electron chi connectivity index (χ3n) is 6.76. The number of anilines is 1. The topological polar surface area (TPSA) is 190 Å². The second-order valence-corrected chi connectivity index (χ2v) is 9.02. The van der Waals surface area contributed by atoms with E-state index >= 15 is 0 Å². The van der Waals surface area contributed by atoms with Crippen LogP contribution in [0.3, 0.4) is 0 Å². The van der Waals surface area contributed by atoms with E-state index in [2.05, 4.69) is 25.6 Å². The fourth-order valence-electron chi connectivity index (χ4n) is 4.86. The summed E-state index contributed by atoms with van der Waals surface area (Å²) in [5.74, 6) is -1.08. The number of aliphatic hydroxyl groups excluding tert-OH is 2. The first-order valence-electron chi connectivity index (χ1n) is 11.6. The van der Waals surface area contributed by atoms with Gasteiger partial charge >= 0.3 is 12.1 Å². The molecule has 14 heteroatoms. The third kappa shape index (κ3) is 4.74. The molecule has 2 aromatic rings. The number of nitrogens with one attached hydrogen (secondary N) is 2. The van der Waals surface area contributed by atoms with Gasteiger partial charge in [0.2, 0.25) is 0 Å². The van der Waals surface area contributed by atoms with Crippen molar-refractivity contribution in [2.75, 3.05) is 25.1 Å². The number of hydrogen-bond acceptors (Lipinski definition) is 11. The monoisotopic (exact) mass is 492 g/mol. The Labute approximate surface area is 199 Å². The highest BCUT2D eigenvalue weighted by Gasteiger charge is 2.45. The van der Waals surface area contributed by atoms with Crippen LogP contribution in [0.25, 0.3) is 11.2 Å². The fourth-order valence-corrected chi connectivity index (χ4v) is 4.86. The number of carboxylic acids is 1. The normalized spacial score (nSPS) is 32.7. The van der Waals surface area contributed by atoms with Gasteiger partial charge in [0.15, 0.2) is 23.2 Å². The second-order valence-electron chi connectivity index (χ2n) is 9.02. The Balaban J connectivity index is 1.23. The summed E-state index contributed by atoms with van der Waals surface area (Å²) in [6, 6.07) is -0.403. The number of alkyl carbamates (subject to hydrolysis) is 1. The van der Waals surface area contributed by atoms with Crippen molar-refractivity contribution in [1.82, 2.24) is 24.8 Å². The molecule has 6 unspecified atom stereocenters. The van der Waals surface area contributed by atoms with E-state index in [0.717, 1.165) is 6.42 Å². The van der Waals surface area contributed by atoms with E-state index in [1.54, 1.807) is 0 Å². The lowest BCUT2D eigenvalue weighted by molar-refractivity contribution is -0.142. The van der Waals surface area contributed by atoms with Gasteiger partial charge in [0.1, 0.15) is 31.2 Å². The van der Waals surface area contributed by atoms with E-state index < -0.39 is 48.6 Å². The highest BCUT2D eigenvalue weighted by molar-refractivity contribution is 5.82. The molecule has 2 saturated heterocycles. The summed E-state index contributed by atoms with van der Waals surface area (Å²) in [6.07, 6.45) is -0.0881. The molecular weight excluding hydrogens is 464 g/mol. The molecule has 35 heavy (non-hydrogen) atoms. The molecule has 7 atom stereocenters. The molecule has 2 aromatic heterocycles. The Kier molecular flexibility index (Phi) is 6.69. The van der Waals surface area contributed by atoms with Crippen molar-refractivity contribution >= 4 is 29.0 Å².